The quantitative estimate of drug-likeness (QED) is 0.0346. The van der Waals surface area contributed by atoms with E-state index in [2.05, 4.69) is 34.6 Å². The molecular formula is C52H100O6. The van der Waals surface area contributed by atoms with Crippen molar-refractivity contribution in [3.8, 4) is 0 Å². The van der Waals surface area contributed by atoms with E-state index in [-0.39, 0.29) is 31.1 Å². The minimum absolute atomic E-state index is 0.0652. The molecule has 6 heteroatoms. The molecule has 0 rings (SSSR count). The van der Waals surface area contributed by atoms with Gasteiger partial charge >= 0.3 is 17.9 Å². The zero-order valence-electron chi connectivity index (χ0n) is 39.7. The molecule has 58 heavy (non-hydrogen) atoms. The topological polar surface area (TPSA) is 78.9 Å². The molecule has 0 radical (unpaired) electrons. The van der Waals surface area contributed by atoms with E-state index in [0.29, 0.717) is 19.3 Å². The van der Waals surface area contributed by atoms with Gasteiger partial charge in [-0.15, -0.1) is 0 Å². The number of unbranched alkanes of at least 4 members (excludes halogenated alkanes) is 29. The first-order valence-corrected chi connectivity index (χ1v) is 25.8. The fourth-order valence-corrected chi connectivity index (χ4v) is 7.75. The Labute approximate surface area is 361 Å². The van der Waals surface area contributed by atoms with Crippen LogP contribution in [-0.4, -0.2) is 37.2 Å². The van der Waals surface area contributed by atoms with Crippen molar-refractivity contribution in [3.05, 3.63) is 0 Å². The summed E-state index contributed by atoms with van der Waals surface area (Å²) in [6.45, 7) is 11.3. The van der Waals surface area contributed by atoms with Crippen LogP contribution in [0.25, 0.3) is 0 Å². The second-order valence-electron chi connectivity index (χ2n) is 18.3. The molecule has 0 saturated carbocycles. The normalized spacial score (nSPS) is 13.0. The van der Waals surface area contributed by atoms with Crippen molar-refractivity contribution in [2.24, 2.45) is 11.8 Å². The van der Waals surface area contributed by atoms with Gasteiger partial charge in [0.25, 0.3) is 0 Å². The van der Waals surface area contributed by atoms with E-state index >= 15 is 0 Å². The van der Waals surface area contributed by atoms with Gasteiger partial charge in [0, 0.05) is 19.3 Å². The Balaban J connectivity index is 4.29. The van der Waals surface area contributed by atoms with Crippen LogP contribution in [0.1, 0.15) is 285 Å². The Morgan fingerprint density at radius 1 is 0.345 bits per heavy atom. The van der Waals surface area contributed by atoms with Gasteiger partial charge < -0.3 is 14.2 Å². The number of ether oxygens (including phenoxy) is 3. The number of carbonyl (C=O) groups excluding carboxylic acids is 3. The summed E-state index contributed by atoms with van der Waals surface area (Å²) < 4.78 is 16.8. The molecule has 344 valence electrons. The van der Waals surface area contributed by atoms with Gasteiger partial charge in [0.15, 0.2) is 6.10 Å². The average Bonchev–Trinajstić information content (AvgIpc) is 3.22. The second-order valence-corrected chi connectivity index (χ2v) is 18.3. The first-order valence-electron chi connectivity index (χ1n) is 25.8. The monoisotopic (exact) mass is 821 g/mol. The average molecular weight is 821 g/mol. The van der Waals surface area contributed by atoms with Gasteiger partial charge in [-0.05, 0) is 31.1 Å². The maximum atomic E-state index is 12.8. The van der Waals surface area contributed by atoms with Gasteiger partial charge in [0.05, 0.1) is 0 Å². The lowest BCUT2D eigenvalue weighted by atomic mass is 9.99. The third kappa shape index (κ3) is 42.5. The maximum absolute atomic E-state index is 12.8. The molecule has 0 saturated heterocycles. The minimum atomic E-state index is -0.762. The molecule has 0 spiro atoms. The molecule has 0 aromatic carbocycles. The molecular weight excluding hydrogens is 721 g/mol. The number of hydrogen-bond acceptors (Lipinski definition) is 6. The van der Waals surface area contributed by atoms with Gasteiger partial charge in [0.1, 0.15) is 13.2 Å². The Morgan fingerprint density at radius 3 is 0.897 bits per heavy atom. The molecule has 6 nitrogen and oxygen atoms in total. The highest BCUT2D eigenvalue weighted by molar-refractivity contribution is 5.71. The van der Waals surface area contributed by atoms with E-state index in [1.165, 1.54) is 173 Å². The summed E-state index contributed by atoms with van der Waals surface area (Å²) in [5.74, 6) is 0.808. The third-order valence-corrected chi connectivity index (χ3v) is 12.4. The molecule has 0 aliphatic rings. The lowest BCUT2D eigenvalue weighted by molar-refractivity contribution is -0.167. The first kappa shape index (κ1) is 56.4. The zero-order chi connectivity index (χ0) is 42.6. The summed E-state index contributed by atoms with van der Waals surface area (Å²) in [6.07, 6.45) is 45.2. The molecule has 0 fully saturated rings. The van der Waals surface area contributed by atoms with Gasteiger partial charge in [0.2, 0.25) is 0 Å². The van der Waals surface area contributed by atoms with Crippen molar-refractivity contribution in [3.63, 3.8) is 0 Å². The molecule has 2 unspecified atom stereocenters. The van der Waals surface area contributed by atoms with Crippen LogP contribution in [0.3, 0.4) is 0 Å². The predicted molar refractivity (Wildman–Crippen MR) is 247 cm³/mol. The lowest BCUT2D eigenvalue weighted by Gasteiger charge is -2.18. The summed E-state index contributed by atoms with van der Waals surface area (Å²) in [5.41, 5.74) is 0. The predicted octanol–water partition coefficient (Wildman–Crippen LogP) is 16.5. The highest BCUT2D eigenvalue weighted by atomic mass is 16.6. The summed E-state index contributed by atoms with van der Waals surface area (Å²) in [7, 11) is 0. The highest BCUT2D eigenvalue weighted by Crippen LogP contribution is 2.18. The van der Waals surface area contributed by atoms with Crippen molar-refractivity contribution in [2.75, 3.05) is 13.2 Å². The summed E-state index contributed by atoms with van der Waals surface area (Å²) >= 11 is 0. The van der Waals surface area contributed by atoms with Crippen LogP contribution >= 0.6 is 0 Å². The van der Waals surface area contributed by atoms with Gasteiger partial charge in [-0.2, -0.15) is 0 Å². The van der Waals surface area contributed by atoms with Crippen LogP contribution < -0.4 is 0 Å². The molecule has 0 amide bonds. The lowest BCUT2D eigenvalue weighted by Crippen LogP contribution is -2.30. The zero-order valence-corrected chi connectivity index (χ0v) is 39.7. The van der Waals surface area contributed by atoms with E-state index in [4.69, 9.17) is 14.2 Å². The number of carbonyl (C=O) groups is 3. The van der Waals surface area contributed by atoms with Crippen LogP contribution in [0, 0.1) is 11.8 Å². The van der Waals surface area contributed by atoms with Crippen LogP contribution in [0.4, 0.5) is 0 Å². The van der Waals surface area contributed by atoms with Gasteiger partial charge in [-0.25, -0.2) is 0 Å². The van der Waals surface area contributed by atoms with E-state index < -0.39 is 6.10 Å². The molecule has 0 aliphatic heterocycles. The highest BCUT2D eigenvalue weighted by Gasteiger charge is 2.19. The Bertz CT molecular complexity index is 889. The fourth-order valence-electron chi connectivity index (χ4n) is 7.75. The third-order valence-electron chi connectivity index (χ3n) is 12.4. The van der Waals surface area contributed by atoms with Gasteiger partial charge in [-0.1, -0.05) is 247 Å². The van der Waals surface area contributed by atoms with Crippen LogP contribution in [0.5, 0.6) is 0 Å². The van der Waals surface area contributed by atoms with E-state index in [0.717, 1.165) is 69.6 Å². The van der Waals surface area contributed by atoms with Crippen molar-refractivity contribution in [1.82, 2.24) is 0 Å². The summed E-state index contributed by atoms with van der Waals surface area (Å²) in [4.78, 5) is 37.9. The standard InChI is InChI=1S/C52H100O6/c1-6-9-10-11-12-13-14-15-16-17-18-19-20-21-22-27-34-39-44-52(55)58-49(46-57-51(54)43-38-33-29-28-31-36-41-48(5)8-3)45-56-50(53)42-37-32-26-24-23-25-30-35-40-47(4)7-2/h47-49H,6-46H2,1-5H3/t47?,48?,49-/m1/s1. The largest absolute Gasteiger partial charge is 0.462 e. The van der Waals surface area contributed by atoms with E-state index in [1.807, 2.05) is 0 Å². The fraction of sp³-hybridized carbons (Fsp3) is 0.942. The molecule has 0 aliphatic carbocycles. The maximum Gasteiger partial charge on any atom is 0.306 e. The molecule has 0 bridgehead atoms. The molecule has 3 atom stereocenters. The van der Waals surface area contributed by atoms with Crippen molar-refractivity contribution in [1.29, 1.82) is 0 Å². The number of esters is 3. The first-order chi connectivity index (χ1) is 28.3. The van der Waals surface area contributed by atoms with Gasteiger partial charge in [-0.3, -0.25) is 14.4 Å². The number of hydrogen-bond donors (Lipinski definition) is 0. The number of rotatable bonds is 46. The Morgan fingerprint density at radius 2 is 0.603 bits per heavy atom. The Kier molecular flexibility index (Phi) is 43.7. The van der Waals surface area contributed by atoms with Crippen molar-refractivity contribution >= 4 is 17.9 Å². The Hall–Kier alpha value is -1.59. The van der Waals surface area contributed by atoms with Crippen LogP contribution in [0.2, 0.25) is 0 Å². The van der Waals surface area contributed by atoms with Crippen molar-refractivity contribution < 1.29 is 28.6 Å². The van der Waals surface area contributed by atoms with E-state index in [1.54, 1.807) is 0 Å². The van der Waals surface area contributed by atoms with Crippen molar-refractivity contribution in [2.45, 2.75) is 291 Å². The molecule has 0 N–H and O–H groups in total. The summed E-state index contributed by atoms with van der Waals surface area (Å²) in [6, 6.07) is 0. The van der Waals surface area contributed by atoms with Crippen LogP contribution in [-0.2, 0) is 28.6 Å². The molecule has 0 aromatic heterocycles. The van der Waals surface area contributed by atoms with E-state index in [9.17, 15) is 14.4 Å². The minimum Gasteiger partial charge on any atom is -0.462 e. The smallest absolute Gasteiger partial charge is 0.306 e. The molecule has 0 heterocycles. The molecule has 0 aromatic rings. The SMILES string of the molecule is CCCCCCCCCCCCCCCCCCCCC(=O)O[C@H](COC(=O)CCCCCCCCCCC(C)CC)COC(=O)CCCCCCCCC(C)CC. The summed E-state index contributed by atoms with van der Waals surface area (Å²) in [5, 5.41) is 0. The second kappa shape index (κ2) is 44.9. The van der Waals surface area contributed by atoms with Crippen LogP contribution in [0.15, 0.2) is 0 Å².